The van der Waals surface area contributed by atoms with Gasteiger partial charge in [-0.3, -0.25) is 9.79 Å². The number of carbonyl (C=O) groups is 1. The van der Waals surface area contributed by atoms with E-state index in [0.29, 0.717) is 6.61 Å². The molecule has 1 heterocycles. The lowest BCUT2D eigenvalue weighted by Gasteiger charge is -2.34. The van der Waals surface area contributed by atoms with Gasteiger partial charge in [0.05, 0.1) is 12.3 Å². The van der Waals surface area contributed by atoms with Crippen LogP contribution in [0.2, 0.25) is 0 Å². The number of ether oxygens (including phenoxy) is 1. The van der Waals surface area contributed by atoms with E-state index in [-0.39, 0.29) is 5.97 Å². The minimum atomic E-state index is -0.582. The van der Waals surface area contributed by atoms with E-state index in [1.165, 1.54) is 0 Å². The summed E-state index contributed by atoms with van der Waals surface area (Å²) in [5.74, 6) is -0.111. The summed E-state index contributed by atoms with van der Waals surface area (Å²) in [5.41, 5.74) is 2.01. The molecule has 1 aliphatic heterocycles. The summed E-state index contributed by atoms with van der Waals surface area (Å²) in [7, 11) is 0. The van der Waals surface area contributed by atoms with Gasteiger partial charge in [0.25, 0.3) is 0 Å². The highest BCUT2D eigenvalue weighted by Gasteiger charge is 2.48. The average molecular weight is 289 g/mol. The molecule has 3 nitrogen and oxygen atoms in total. The average Bonchev–Trinajstić information content (AvgIpc) is 2.67. The van der Waals surface area contributed by atoms with Crippen LogP contribution in [0.3, 0.4) is 0 Å². The first kappa shape index (κ1) is 13.7. The third-order valence-electron chi connectivity index (χ3n) is 3.92. The highest BCUT2D eigenvalue weighted by molar-refractivity contribution is 8.02. The molecule has 1 atom stereocenters. The van der Waals surface area contributed by atoms with Gasteiger partial charge in [0, 0.05) is 10.6 Å². The zero-order valence-electron chi connectivity index (χ0n) is 11.7. The Morgan fingerprint density at radius 1 is 1.35 bits per heavy atom. The van der Waals surface area contributed by atoms with E-state index in [1.807, 2.05) is 31.2 Å². The van der Waals surface area contributed by atoms with E-state index in [4.69, 9.17) is 9.73 Å². The predicted molar refractivity (Wildman–Crippen MR) is 81.8 cm³/mol. The van der Waals surface area contributed by atoms with E-state index in [1.54, 1.807) is 11.8 Å². The molecule has 3 rings (SSSR count). The number of thioether (sulfide) groups is 1. The normalized spacial score (nSPS) is 24.9. The molecule has 4 heteroatoms. The van der Waals surface area contributed by atoms with Gasteiger partial charge in [0.1, 0.15) is 0 Å². The van der Waals surface area contributed by atoms with Gasteiger partial charge >= 0.3 is 5.97 Å². The molecule has 1 fully saturated rings. The Morgan fingerprint density at radius 2 is 2.20 bits per heavy atom. The molecule has 1 unspecified atom stereocenters. The number of hydrogen-bond acceptors (Lipinski definition) is 4. The van der Waals surface area contributed by atoms with Gasteiger partial charge in [-0.2, -0.15) is 0 Å². The lowest BCUT2D eigenvalue weighted by Crippen LogP contribution is -2.45. The first-order valence-corrected chi connectivity index (χ1v) is 8.11. The largest absolute Gasteiger partial charge is 0.465 e. The highest BCUT2D eigenvalue weighted by atomic mass is 32.2. The minimum absolute atomic E-state index is 0.111. The molecule has 0 saturated heterocycles. The van der Waals surface area contributed by atoms with Gasteiger partial charge in [0.15, 0.2) is 4.75 Å². The molecule has 0 spiro atoms. The monoisotopic (exact) mass is 289 g/mol. The SMILES string of the molecule is CCOC(=O)C12CCCCCC1=Nc1ccccc1S2. The number of nitrogens with zero attached hydrogens (tertiary/aromatic N) is 1. The number of benzene rings is 1. The van der Waals surface area contributed by atoms with E-state index in [2.05, 4.69) is 0 Å². The topological polar surface area (TPSA) is 38.7 Å². The lowest BCUT2D eigenvalue weighted by molar-refractivity contribution is -0.144. The van der Waals surface area contributed by atoms with E-state index in [0.717, 1.165) is 48.4 Å². The Morgan fingerprint density at radius 3 is 3.05 bits per heavy atom. The van der Waals surface area contributed by atoms with Crippen LogP contribution in [0.25, 0.3) is 0 Å². The smallest absolute Gasteiger partial charge is 0.328 e. The standard InChI is InChI=1S/C16H19NO2S/c1-2-19-15(18)16-11-7-3-4-10-14(16)17-12-8-5-6-9-13(12)20-16/h5-6,8-9H,2-4,7,10-11H2,1H3. The third kappa shape index (κ3) is 2.26. The van der Waals surface area contributed by atoms with Crippen LogP contribution in [0, 0.1) is 0 Å². The summed E-state index contributed by atoms with van der Waals surface area (Å²) in [5, 5.41) is 0. The molecule has 1 aromatic rings. The Bertz CT molecular complexity index is 555. The summed E-state index contributed by atoms with van der Waals surface area (Å²) >= 11 is 1.64. The number of para-hydroxylation sites is 1. The van der Waals surface area contributed by atoms with Crippen LogP contribution in [0.4, 0.5) is 5.69 Å². The van der Waals surface area contributed by atoms with Gasteiger partial charge in [-0.05, 0) is 38.3 Å². The summed E-state index contributed by atoms with van der Waals surface area (Å²) in [4.78, 5) is 18.5. The second-order valence-electron chi connectivity index (χ2n) is 5.24. The van der Waals surface area contributed by atoms with E-state index in [9.17, 15) is 4.79 Å². The first-order chi connectivity index (χ1) is 9.76. The fourth-order valence-electron chi connectivity index (χ4n) is 2.92. The zero-order chi connectivity index (χ0) is 14.0. The number of rotatable bonds is 2. The predicted octanol–water partition coefficient (Wildman–Crippen LogP) is 4.13. The fraction of sp³-hybridized carbons (Fsp3) is 0.500. The van der Waals surface area contributed by atoms with Crippen molar-refractivity contribution in [1.82, 2.24) is 0 Å². The number of esters is 1. The maximum Gasteiger partial charge on any atom is 0.328 e. The number of carbonyl (C=O) groups excluding carboxylic acids is 1. The lowest BCUT2D eigenvalue weighted by atomic mass is 9.96. The molecular weight excluding hydrogens is 270 g/mol. The van der Waals surface area contributed by atoms with Gasteiger partial charge < -0.3 is 4.74 Å². The van der Waals surface area contributed by atoms with Crippen molar-refractivity contribution in [1.29, 1.82) is 0 Å². The molecule has 0 bridgehead atoms. The molecule has 0 radical (unpaired) electrons. The molecule has 106 valence electrons. The summed E-state index contributed by atoms with van der Waals surface area (Å²) in [6.07, 6.45) is 5.08. The molecule has 1 aromatic carbocycles. The maximum atomic E-state index is 12.6. The van der Waals surface area contributed by atoms with Crippen LogP contribution >= 0.6 is 11.8 Å². The zero-order valence-corrected chi connectivity index (χ0v) is 12.5. The molecule has 20 heavy (non-hydrogen) atoms. The van der Waals surface area contributed by atoms with Crippen molar-refractivity contribution in [3.05, 3.63) is 24.3 Å². The van der Waals surface area contributed by atoms with Gasteiger partial charge in [-0.25, -0.2) is 0 Å². The minimum Gasteiger partial charge on any atom is -0.465 e. The number of hydrogen-bond donors (Lipinski definition) is 0. The number of fused-ring (bicyclic) bond motifs is 2. The van der Waals surface area contributed by atoms with Crippen LogP contribution in [-0.2, 0) is 9.53 Å². The fourth-order valence-corrected chi connectivity index (χ4v) is 4.32. The Labute approximate surface area is 123 Å². The quantitative estimate of drug-likeness (QED) is 0.768. The maximum absolute atomic E-state index is 12.6. The first-order valence-electron chi connectivity index (χ1n) is 7.29. The second-order valence-corrected chi connectivity index (χ2v) is 6.58. The van der Waals surface area contributed by atoms with Crippen LogP contribution in [-0.4, -0.2) is 23.0 Å². The summed E-state index contributed by atoms with van der Waals surface area (Å²) in [6, 6.07) is 8.07. The molecule has 2 aliphatic rings. The van der Waals surface area contributed by atoms with E-state index < -0.39 is 4.75 Å². The molecular formula is C16H19NO2S. The Balaban J connectivity index is 2.06. The second kappa shape index (κ2) is 5.60. The number of aliphatic imine (C=N–C) groups is 1. The van der Waals surface area contributed by atoms with Crippen LogP contribution < -0.4 is 0 Å². The Kier molecular flexibility index (Phi) is 3.83. The third-order valence-corrected chi connectivity index (χ3v) is 5.44. The molecule has 0 N–H and O–H groups in total. The summed E-state index contributed by atoms with van der Waals surface area (Å²) < 4.78 is 4.79. The highest BCUT2D eigenvalue weighted by Crippen LogP contribution is 2.49. The van der Waals surface area contributed by atoms with Crippen molar-refractivity contribution in [3.8, 4) is 0 Å². The van der Waals surface area contributed by atoms with Gasteiger partial charge in [-0.15, -0.1) is 0 Å². The van der Waals surface area contributed by atoms with Crippen molar-refractivity contribution < 1.29 is 9.53 Å². The van der Waals surface area contributed by atoms with Crippen molar-refractivity contribution in [3.63, 3.8) is 0 Å². The molecule has 1 aliphatic carbocycles. The van der Waals surface area contributed by atoms with Crippen LogP contribution in [0.5, 0.6) is 0 Å². The molecule has 0 aromatic heterocycles. The van der Waals surface area contributed by atoms with Crippen molar-refractivity contribution in [2.75, 3.05) is 6.61 Å². The van der Waals surface area contributed by atoms with Gasteiger partial charge in [0.2, 0.25) is 0 Å². The molecule has 1 saturated carbocycles. The van der Waals surface area contributed by atoms with Crippen LogP contribution in [0.15, 0.2) is 34.2 Å². The van der Waals surface area contributed by atoms with E-state index >= 15 is 0 Å². The van der Waals surface area contributed by atoms with Gasteiger partial charge in [-0.1, -0.05) is 36.7 Å². The molecule has 0 amide bonds. The van der Waals surface area contributed by atoms with Crippen LogP contribution in [0.1, 0.15) is 39.0 Å². The summed E-state index contributed by atoms with van der Waals surface area (Å²) in [6.45, 7) is 2.29. The van der Waals surface area contributed by atoms with Crippen molar-refractivity contribution >= 4 is 29.1 Å². The van der Waals surface area contributed by atoms with Crippen molar-refractivity contribution in [2.45, 2.75) is 48.7 Å². The Hall–Kier alpha value is -1.29. The van der Waals surface area contributed by atoms with Crippen molar-refractivity contribution in [2.24, 2.45) is 4.99 Å².